The third-order valence-electron chi connectivity index (χ3n) is 5.71. The summed E-state index contributed by atoms with van der Waals surface area (Å²) in [5.41, 5.74) is 1.03. The lowest BCUT2D eigenvalue weighted by atomic mass is 9.74. The van der Waals surface area contributed by atoms with Gasteiger partial charge >= 0.3 is 5.97 Å². The molecule has 2 aromatic carbocycles. The number of aliphatic carboxylic acids is 1. The number of carboxylic acids is 1. The minimum atomic E-state index is -1.05. The van der Waals surface area contributed by atoms with Gasteiger partial charge in [-0.2, -0.15) is 0 Å². The maximum atomic E-state index is 12.9. The van der Waals surface area contributed by atoms with Gasteiger partial charge in [-0.15, -0.1) is 0 Å². The third-order valence-corrected chi connectivity index (χ3v) is 5.71. The molecule has 0 bridgehead atoms. The zero-order valence-electron chi connectivity index (χ0n) is 14.8. The summed E-state index contributed by atoms with van der Waals surface area (Å²) in [5, 5.41) is 19.2. The van der Waals surface area contributed by atoms with E-state index in [0.717, 1.165) is 16.9 Å². The number of aliphatic hydroxyl groups is 1. The van der Waals surface area contributed by atoms with Crippen molar-refractivity contribution in [2.45, 2.75) is 13.0 Å². The highest BCUT2D eigenvalue weighted by atomic mass is 16.5. The first-order valence-electron chi connectivity index (χ1n) is 8.97. The van der Waals surface area contributed by atoms with Crippen molar-refractivity contribution in [3.05, 3.63) is 65.2 Å². The number of aliphatic hydroxyl groups excluding tert-OH is 1. The van der Waals surface area contributed by atoms with Gasteiger partial charge in [-0.05, 0) is 35.7 Å². The van der Waals surface area contributed by atoms with Crippen molar-refractivity contribution in [1.82, 2.24) is 4.90 Å². The van der Waals surface area contributed by atoms with Crippen molar-refractivity contribution in [1.29, 1.82) is 0 Å². The highest BCUT2D eigenvalue weighted by molar-refractivity contribution is 5.95. The van der Waals surface area contributed by atoms with Crippen LogP contribution in [0.1, 0.15) is 21.5 Å². The molecule has 2 aliphatic rings. The van der Waals surface area contributed by atoms with E-state index in [9.17, 15) is 14.7 Å². The Morgan fingerprint density at radius 2 is 1.89 bits per heavy atom. The van der Waals surface area contributed by atoms with Crippen LogP contribution in [-0.2, 0) is 17.8 Å². The van der Waals surface area contributed by atoms with Crippen molar-refractivity contribution >= 4 is 11.9 Å². The molecule has 140 valence electrons. The van der Waals surface area contributed by atoms with Gasteiger partial charge < -0.3 is 19.8 Å². The average Bonchev–Trinajstić information content (AvgIpc) is 2.98. The van der Waals surface area contributed by atoms with Crippen LogP contribution in [0.25, 0.3) is 0 Å². The van der Waals surface area contributed by atoms with Crippen LogP contribution in [0.5, 0.6) is 5.75 Å². The van der Waals surface area contributed by atoms with Gasteiger partial charge in [0.15, 0.2) is 0 Å². The molecule has 0 aliphatic carbocycles. The van der Waals surface area contributed by atoms with Crippen molar-refractivity contribution in [3.63, 3.8) is 0 Å². The number of benzene rings is 2. The Balaban J connectivity index is 1.63. The Labute approximate surface area is 157 Å². The van der Waals surface area contributed by atoms with Crippen LogP contribution >= 0.6 is 0 Å². The first kappa shape index (κ1) is 17.5. The number of fused-ring (bicyclic) bond motifs is 2. The molecule has 2 N–H and O–H groups in total. The minimum Gasteiger partial charge on any atom is -0.493 e. The second-order valence-corrected chi connectivity index (χ2v) is 7.29. The molecule has 4 rings (SSSR count). The van der Waals surface area contributed by atoms with Crippen LogP contribution in [0.4, 0.5) is 0 Å². The summed E-state index contributed by atoms with van der Waals surface area (Å²) in [5.74, 6) is -0.631. The zero-order chi connectivity index (χ0) is 19.0. The van der Waals surface area contributed by atoms with Crippen molar-refractivity contribution in [2.75, 3.05) is 19.7 Å². The van der Waals surface area contributed by atoms with E-state index in [0.29, 0.717) is 18.5 Å². The van der Waals surface area contributed by atoms with Gasteiger partial charge in [-0.1, -0.05) is 30.3 Å². The van der Waals surface area contributed by atoms with E-state index >= 15 is 0 Å². The van der Waals surface area contributed by atoms with Gasteiger partial charge in [-0.3, -0.25) is 9.59 Å². The number of carboxylic acid groups (broad SMARTS) is 1. The normalized spacial score (nSPS) is 23.7. The molecular formula is C21H21NO5. The predicted octanol–water partition coefficient (Wildman–Crippen LogP) is 1.96. The van der Waals surface area contributed by atoms with Gasteiger partial charge in [-0.25, -0.2) is 0 Å². The van der Waals surface area contributed by atoms with Gasteiger partial charge in [0.25, 0.3) is 5.91 Å². The Bertz CT molecular complexity index is 878. The number of carbonyl (C=O) groups excluding carboxylic acids is 1. The van der Waals surface area contributed by atoms with E-state index in [4.69, 9.17) is 9.84 Å². The van der Waals surface area contributed by atoms with E-state index in [-0.39, 0.29) is 31.6 Å². The number of nitrogens with zero attached hydrogens (tertiary/aromatic N) is 1. The van der Waals surface area contributed by atoms with E-state index < -0.39 is 11.4 Å². The summed E-state index contributed by atoms with van der Waals surface area (Å²) in [6, 6.07) is 14.2. The largest absolute Gasteiger partial charge is 0.493 e. The van der Waals surface area contributed by atoms with E-state index in [1.807, 2.05) is 24.3 Å². The number of hydrogen-bond donors (Lipinski definition) is 2. The number of likely N-dealkylation sites (tertiary alicyclic amines) is 1. The Kier molecular flexibility index (Phi) is 4.36. The Morgan fingerprint density at radius 1 is 1.15 bits per heavy atom. The molecular weight excluding hydrogens is 346 g/mol. The molecule has 1 fully saturated rings. The third kappa shape index (κ3) is 2.96. The van der Waals surface area contributed by atoms with Crippen LogP contribution in [0.15, 0.2) is 48.5 Å². The second kappa shape index (κ2) is 6.70. The molecule has 6 nitrogen and oxygen atoms in total. The summed E-state index contributed by atoms with van der Waals surface area (Å²) in [6.45, 7) is 0.696. The van der Waals surface area contributed by atoms with Crippen LogP contribution in [0, 0.1) is 11.3 Å². The van der Waals surface area contributed by atoms with Crippen LogP contribution < -0.4 is 4.74 Å². The number of carbonyl (C=O) groups is 2. The minimum absolute atomic E-state index is 0.0842. The summed E-state index contributed by atoms with van der Waals surface area (Å²) in [4.78, 5) is 26.8. The lowest BCUT2D eigenvalue weighted by Gasteiger charge is -2.27. The maximum absolute atomic E-state index is 12.9. The SMILES string of the molecule is O=C(c1ccc(CO)cc1)N1C[C@H]2COc3ccccc3C[C@@]2(C(=O)O)C1. The van der Waals surface area contributed by atoms with Gasteiger partial charge in [0.2, 0.25) is 0 Å². The topological polar surface area (TPSA) is 87.1 Å². The molecule has 1 amide bonds. The number of para-hydroxylation sites is 1. The van der Waals surface area contributed by atoms with Crippen LogP contribution in [0.3, 0.4) is 0 Å². The lowest BCUT2D eigenvalue weighted by molar-refractivity contribution is -0.150. The quantitative estimate of drug-likeness (QED) is 0.866. The average molecular weight is 367 g/mol. The Morgan fingerprint density at radius 3 is 2.59 bits per heavy atom. The molecule has 1 saturated heterocycles. The molecule has 0 aromatic heterocycles. The summed E-state index contributed by atoms with van der Waals surface area (Å²) < 4.78 is 5.87. The molecule has 2 aromatic rings. The first-order valence-corrected chi connectivity index (χ1v) is 8.97. The molecule has 0 radical (unpaired) electrons. The van der Waals surface area contributed by atoms with E-state index in [2.05, 4.69) is 0 Å². The van der Waals surface area contributed by atoms with Crippen molar-refractivity contribution in [3.8, 4) is 5.75 Å². The number of ether oxygens (including phenoxy) is 1. The molecule has 6 heteroatoms. The zero-order valence-corrected chi connectivity index (χ0v) is 14.8. The molecule has 2 aliphatic heterocycles. The number of amides is 1. The smallest absolute Gasteiger partial charge is 0.312 e. The first-order chi connectivity index (χ1) is 13.0. The predicted molar refractivity (Wildman–Crippen MR) is 97.5 cm³/mol. The monoisotopic (exact) mass is 367 g/mol. The number of rotatable bonds is 3. The fraction of sp³-hybridized carbons (Fsp3) is 0.333. The van der Waals surface area contributed by atoms with Gasteiger partial charge in [0, 0.05) is 24.6 Å². The standard InChI is InChI=1S/C21H21NO5/c23-11-14-5-7-15(8-6-14)19(24)22-10-17-12-27-18-4-2-1-3-16(18)9-21(17,13-22)20(25)26/h1-8,17,23H,9-13H2,(H,25,26)/t17-,21+/m0/s1. The van der Waals surface area contributed by atoms with Gasteiger partial charge in [0.1, 0.15) is 5.75 Å². The van der Waals surface area contributed by atoms with Crippen molar-refractivity contribution < 1.29 is 24.5 Å². The highest BCUT2D eigenvalue weighted by Gasteiger charge is 2.55. The van der Waals surface area contributed by atoms with Crippen molar-refractivity contribution in [2.24, 2.45) is 11.3 Å². The molecule has 2 atom stereocenters. The van der Waals surface area contributed by atoms with Gasteiger partial charge in [0.05, 0.1) is 18.6 Å². The maximum Gasteiger partial charge on any atom is 0.312 e. The van der Waals surface area contributed by atoms with Crippen LogP contribution in [0.2, 0.25) is 0 Å². The second-order valence-electron chi connectivity index (χ2n) is 7.29. The molecule has 0 spiro atoms. The van der Waals surface area contributed by atoms with E-state index in [1.54, 1.807) is 29.2 Å². The summed E-state index contributed by atoms with van der Waals surface area (Å²) >= 11 is 0. The molecule has 2 heterocycles. The summed E-state index contributed by atoms with van der Waals surface area (Å²) in [7, 11) is 0. The Hall–Kier alpha value is -2.86. The summed E-state index contributed by atoms with van der Waals surface area (Å²) in [6.07, 6.45) is 0.344. The fourth-order valence-electron chi connectivity index (χ4n) is 4.12. The fourth-order valence-corrected chi connectivity index (χ4v) is 4.12. The molecule has 0 saturated carbocycles. The van der Waals surface area contributed by atoms with E-state index in [1.165, 1.54) is 0 Å². The van der Waals surface area contributed by atoms with Crippen LogP contribution in [-0.4, -0.2) is 46.7 Å². The molecule has 0 unspecified atom stereocenters. The lowest BCUT2D eigenvalue weighted by Crippen LogP contribution is -2.42. The highest BCUT2D eigenvalue weighted by Crippen LogP contribution is 2.44. The number of hydrogen-bond acceptors (Lipinski definition) is 4. The molecule has 27 heavy (non-hydrogen) atoms.